The monoisotopic (exact) mass is 298 g/mol. The number of benzene rings is 1. The fourth-order valence-electron chi connectivity index (χ4n) is 3.87. The minimum Gasteiger partial charge on any atom is -0.485 e. The highest BCUT2D eigenvalue weighted by atomic mass is 16.5. The van der Waals surface area contributed by atoms with E-state index in [0.29, 0.717) is 12.0 Å². The van der Waals surface area contributed by atoms with Crippen LogP contribution in [0.1, 0.15) is 44.6 Å². The van der Waals surface area contributed by atoms with Gasteiger partial charge in [0.2, 0.25) is 0 Å². The van der Waals surface area contributed by atoms with E-state index in [1.807, 2.05) is 0 Å². The summed E-state index contributed by atoms with van der Waals surface area (Å²) in [6.07, 6.45) is 5.65. The Morgan fingerprint density at radius 3 is 2.41 bits per heavy atom. The number of likely N-dealkylation sites (tertiary alicyclic amines) is 1. The molecule has 1 heterocycles. The van der Waals surface area contributed by atoms with E-state index in [0.717, 1.165) is 25.3 Å². The predicted octanol–water partition coefficient (Wildman–Crippen LogP) is 3.92. The van der Waals surface area contributed by atoms with Gasteiger partial charge in [-0.25, -0.2) is 0 Å². The normalized spacial score (nSPS) is 27.7. The van der Waals surface area contributed by atoms with Crippen LogP contribution < -0.4 is 4.74 Å². The van der Waals surface area contributed by atoms with Crippen LogP contribution in [-0.2, 0) is 0 Å². The highest BCUT2D eigenvalue weighted by molar-refractivity contribution is 5.27. The Bertz CT molecular complexity index is 532. The smallest absolute Gasteiger partial charge is 0.131 e. The number of nitriles is 1. The Morgan fingerprint density at radius 2 is 1.82 bits per heavy atom. The van der Waals surface area contributed by atoms with Crippen molar-refractivity contribution in [2.24, 2.45) is 5.92 Å². The quantitative estimate of drug-likeness (QED) is 0.845. The Morgan fingerprint density at radius 1 is 1.18 bits per heavy atom. The fraction of sp³-hybridized carbons (Fsp3) is 0.632. The first-order valence-electron chi connectivity index (χ1n) is 8.45. The van der Waals surface area contributed by atoms with Gasteiger partial charge in [-0.1, -0.05) is 17.7 Å². The zero-order valence-corrected chi connectivity index (χ0v) is 13.7. The Balaban J connectivity index is 1.47. The lowest BCUT2D eigenvalue weighted by Gasteiger charge is -2.52. The van der Waals surface area contributed by atoms with Crippen LogP contribution in [0, 0.1) is 24.2 Å². The van der Waals surface area contributed by atoms with Crippen molar-refractivity contribution in [1.29, 1.82) is 5.26 Å². The summed E-state index contributed by atoms with van der Waals surface area (Å²) in [5, 5.41) is 8.80. The van der Waals surface area contributed by atoms with E-state index < -0.39 is 0 Å². The molecule has 3 heteroatoms. The largest absolute Gasteiger partial charge is 0.485 e. The van der Waals surface area contributed by atoms with E-state index in [4.69, 9.17) is 10.00 Å². The zero-order chi connectivity index (χ0) is 15.6. The van der Waals surface area contributed by atoms with Crippen molar-refractivity contribution in [3.63, 3.8) is 0 Å². The third kappa shape index (κ3) is 3.44. The van der Waals surface area contributed by atoms with Gasteiger partial charge in [0.15, 0.2) is 0 Å². The summed E-state index contributed by atoms with van der Waals surface area (Å²) in [4.78, 5) is 2.57. The van der Waals surface area contributed by atoms with Crippen LogP contribution in [0.15, 0.2) is 24.3 Å². The molecule has 0 N–H and O–H groups in total. The Kier molecular flexibility index (Phi) is 4.40. The van der Waals surface area contributed by atoms with Gasteiger partial charge < -0.3 is 4.74 Å². The van der Waals surface area contributed by atoms with Gasteiger partial charge in [-0.2, -0.15) is 5.26 Å². The van der Waals surface area contributed by atoms with Gasteiger partial charge in [0.25, 0.3) is 0 Å². The van der Waals surface area contributed by atoms with Crippen LogP contribution in [0.25, 0.3) is 0 Å². The average Bonchev–Trinajstić information content (AvgIpc) is 2.48. The molecule has 2 fully saturated rings. The molecule has 3 rings (SSSR count). The number of hydrogen-bond donors (Lipinski definition) is 0. The van der Waals surface area contributed by atoms with Crippen molar-refractivity contribution >= 4 is 0 Å². The summed E-state index contributed by atoms with van der Waals surface area (Å²) in [7, 11) is 0. The van der Waals surface area contributed by atoms with Crippen molar-refractivity contribution in [1.82, 2.24) is 4.90 Å². The second-order valence-electron chi connectivity index (χ2n) is 7.31. The van der Waals surface area contributed by atoms with E-state index in [-0.39, 0.29) is 5.60 Å². The molecule has 0 radical (unpaired) electrons. The molecule has 0 aromatic heterocycles. The van der Waals surface area contributed by atoms with Gasteiger partial charge in [0.05, 0.1) is 6.07 Å². The third-order valence-electron chi connectivity index (χ3n) is 5.17. The van der Waals surface area contributed by atoms with Crippen LogP contribution in [0.4, 0.5) is 0 Å². The molecular formula is C19H26N2O. The van der Waals surface area contributed by atoms with Crippen LogP contribution >= 0.6 is 0 Å². The molecule has 1 saturated heterocycles. The van der Waals surface area contributed by atoms with Crippen LogP contribution in [0.5, 0.6) is 5.75 Å². The van der Waals surface area contributed by atoms with Gasteiger partial charge in [-0.3, -0.25) is 4.90 Å². The fourth-order valence-corrected chi connectivity index (χ4v) is 3.87. The van der Waals surface area contributed by atoms with E-state index in [1.54, 1.807) is 0 Å². The van der Waals surface area contributed by atoms with Crippen LogP contribution in [-0.4, -0.2) is 29.6 Å². The first kappa shape index (κ1) is 15.4. The lowest BCUT2D eigenvalue weighted by molar-refractivity contribution is -0.0914. The van der Waals surface area contributed by atoms with E-state index in [1.165, 1.54) is 31.2 Å². The van der Waals surface area contributed by atoms with Crippen LogP contribution in [0.2, 0.25) is 0 Å². The molecule has 1 aromatic carbocycles. The molecule has 1 aromatic rings. The summed E-state index contributed by atoms with van der Waals surface area (Å²) in [5.41, 5.74) is 1.22. The Hall–Kier alpha value is -1.53. The highest BCUT2D eigenvalue weighted by Gasteiger charge is 2.44. The van der Waals surface area contributed by atoms with E-state index in [2.05, 4.69) is 49.1 Å². The van der Waals surface area contributed by atoms with E-state index in [9.17, 15) is 0 Å². The molecule has 0 spiro atoms. The molecule has 22 heavy (non-hydrogen) atoms. The third-order valence-corrected chi connectivity index (χ3v) is 5.17. The van der Waals surface area contributed by atoms with Gasteiger partial charge in [0, 0.05) is 25.6 Å². The van der Waals surface area contributed by atoms with Crippen molar-refractivity contribution in [3.8, 4) is 11.8 Å². The molecule has 0 bridgehead atoms. The minimum absolute atomic E-state index is 0.0429. The first-order chi connectivity index (χ1) is 10.6. The van der Waals surface area contributed by atoms with E-state index >= 15 is 0 Å². The second-order valence-corrected chi connectivity index (χ2v) is 7.31. The zero-order valence-electron chi connectivity index (χ0n) is 13.7. The topological polar surface area (TPSA) is 36.3 Å². The number of ether oxygens (including phenoxy) is 1. The van der Waals surface area contributed by atoms with Crippen LogP contribution in [0.3, 0.4) is 0 Å². The van der Waals surface area contributed by atoms with Crippen molar-refractivity contribution in [2.75, 3.05) is 13.1 Å². The standard InChI is InChI=1S/C19H26N2O/c1-15-3-9-18(10-4-15)22-19(2)13-21(14-19)17-7-5-16(6-8-17)11-12-20/h3-4,9-10,16-17H,5-8,11,13-14H2,1-2H3. The molecule has 0 unspecified atom stereocenters. The number of hydrogen-bond acceptors (Lipinski definition) is 3. The molecule has 0 atom stereocenters. The lowest BCUT2D eigenvalue weighted by atomic mass is 9.81. The maximum Gasteiger partial charge on any atom is 0.131 e. The maximum atomic E-state index is 8.80. The van der Waals surface area contributed by atoms with Crippen molar-refractivity contribution < 1.29 is 4.74 Å². The highest BCUT2D eigenvalue weighted by Crippen LogP contribution is 2.35. The molecule has 0 amide bonds. The summed E-state index contributed by atoms with van der Waals surface area (Å²) in [5.74, 6) is 1.61. The summed E-state index contributed by atoms with van der Waals surface area (Å²) in [6, 6.07) is 11.4. The summed E-state index contributed by atoms with van der Waals surface area (Å²) >= 11 is 0. The average molecular weight is 298 g/mol. The number of nitrogens with zero attached hydrogens (tertiary/aromatic N) is 2. The minimum atomic E-state index is -0.0429. The van der Waals surface area contributed by atoms with Crippen molar-refractivity contribution in [3.05, 3.63) is 29.8 Å². The predicted molar refractivity (Wildman–Crippen MR) is 87.8 cm³/mol. The van der Waals surface area contributed by atoms with Gasteiger partial charge in [0.1, 0.15) is 11.4 Å². The lowest BCUT2D eigenvalue weighted by Crippen LogP contribution is -2.66. The molecular weight excluding hydrogens is 272 g/mol. The molecule has 1 aliphatic heterocycles. The molecule has 118 valence electrons. The van der Waals surface area contributed by atoms with Gasteiger partial charge in [-0.15, -0.1) is 0 Å². The Labute approximate surface area is 133 Å². The molecule has 1 aliphatic carbocycles. The van der Waals surface area contributed by atoms with Gasteiger partial charge in [-0.05, 0) is 57.6 Å². The molecule has 2 aliphatic rings. The number of rotatable bonds is 4. The summed E-state index contributed by atoms with van der Waals surface area (Å²) in [6.45, 7) is 6.35. The van der Waals surface area contributed by atoms with Gasteiger partial charge >= 0.3 is 0 Å². The molecule has 1 saturated carbocycles. The maximum absolute atomic E-state index is 8.80. The first-order valence-corrected chi connectivity index (χ1v) is 8.45. The van der Waals surface area contributed by atoms with Crippen molar-refractivity contribution in [2.45, 2.75) is 57.6 Å². The molecule has 3 nitrogen and oxygen atoms in total. The summed E-state index contributed by atoms with van der Waals surface area (Å²) < 4.78 is 6.19. The number of aryl methyl sites for hydroxylation is 1. The second kappa shape index (κ2) is 6.30. The SMILES string of the molecule is Cc1ccc(OC2(C)CN(C3CCC(CC#N)CC3)C2)cc1.